The minimum Gasteiger partial charge on any atom is -0.0871 e. The summed E-state index contributed by atoms with van der Waals surface area (Å²) in [6.07, 6.45) is 6.36. The molecule has 0 atom stereocenters. The Bertz CT molecular complexity index is 850. The Hall–Kier alpha value is -2.86. The highest BCUT2D eigenvalue weighted by Crippen LogP contribution is 2.27. The van der Waals surface area contributed by atoms with E-state index in [1.165, 1.54) is 33.4 Å². The molecule has 0 unspecified atom stereocenters. The van der Waals surface area contributed by atoms with E-state index in [1.54, 1.807) is 0 Å². The molecule has 0 aliphatic rings. The van der Waals surface area contributed by atoms with Crippen molar-refractivity contribution in [2.45, 2.75) is 28.7 Å². The maximum absolute atomic E-state index is 2.26. The van der Waals surface area contributed by atoms with Crippen LogP contribution >= 0.6 is 0 Å². The standard InChI is InChI=1S/C24H22.2CH4/c1-3-9-19(4-2)21-14-16-22(17-15-21)24-13-8-12-23(18-24)20-10-6-5-7-11-20;;/h3-18H,1-2H3;2*1H4/b9-3-,19-4+;;. The van der Waals surface area contributed by atoms with Gasteiger partial charge in [0.15, 0.2) is 0 Å². The number of allylic oxidation sites excluding steroid dienone is 4. The van der Waals surface area contributed by atoms with Crippen molar-refractivity contribution in [3.63, 3.8) is 0 Å². The van der Waals surface area contributed by atoms with E-state index in [0.29, 0.717) is 0 Å². The maximum atomic E-state index is 2.26. The Morgan fingerprint density at radius 3 is 1.69 bits per heavy atom. The van der Waals surface area contributed by atoms with Gasteiger partial charge in [-0.3, -0.25) is 0 Å². The van der Waals surface area contributed by atoms with E-state index in [9.17, 15) is 0 Å². The van der Waals surface area contributed by atoms with E-state index in [4.69, 9.17) is 0 Å². The van der Waals surface area contributed by atoms with Crippen molar-refractivity contribution in [3.05, 3.63) is 103 Å². The van der Waals surface area contributed by atoms with Crippen molar-refractivity contribution in [2.24, 2.45) is 0 Å². The van der Waals surface area contributed by atoms with Gasteiger partial charge in [0.05, 0.1) is 0 Å². The molecule has 3 aromatic carbocycles. The first-order valence-electron chi connectivity index (χ1n) is 8.37. The second kappa shape index (κ2) is 10.2. The molecular formula is C26H30. The Kier molecular flexibility index (Phi) is 8.31. The van der Waals surface area contributed by atoms with Gasteiger partial charge in [-0.25, -0.2) is 0 Å². The van der Waals surface area contributed by atoms with Crippen molar-refractivity contribution in [2.75, 3.05) is 0 Å². The van der Waals surface area contributed by atoms with Crippen LogP contribution in [0, 0.1) is 0 Å². The third kappa shape index (κ3) is 4.83. The number of hydrogen-bond acceptors (Lipinski definition) is 0. The zero-order chi connectivity index (χ0) is 16.8. The van der Waals surface area contributed by atoms with Crippen molar-refractivity contribution >= 4 is 5.57 Å². The summed E-state index contributed by atoms with van der Waals surface area (Å²) in [5, 5.41) is 0. The van der Waals surface area contributed by atoms with Crippen LogP contribution in [0.5, 0.6) is 0 Å². The summed E-state index contributed by atoms with van der Waals surface area (Å²) in [7, 11) is 0. The van der Waals surface area contributed by atoms with E-state index in [0.717, 1.165) is 0 Å². The van der Waals surface area contributed by atoms with Gasteiger partial charge < -0.3 is 0 Å². The lowest BCUT2D eigenvalue weighted by Gasteiger charge is -2.08. The summed E-state index contributed by atoms with van der Waals surface area (Å²) in [5.74, 6) is 0. The lowest BCUT2D eigenvalue weighted by atomic mass is 9.97. The topological polar surface area (TPSA) is 0 Å². The fraction of sp³-hybridized carbons (Fsp3) is 0.154. The molecule has 0 aliphatic carbocycles. The molecular weight excluding hydrogens is 312 g/mol. The van der Waals surface area contributed by atoms with Crippen LogP contribution in [-0.4, -0.2) is 0 Å². The molecule has 0 saturated heterocycles. The maximum Gasteiger partial charge on any atom is -0.0178 e. The van der Waals surface area contributed by atoms with Crippen molar-refractivity contribution in [1.29, 1.82) is 0 Å². The molecule has 0 aromatic heterocycles. The van der Waals surface area contributed by atoms with Crippen molar-refractivity contribution in [3.8, 4) is 22.3 Å². The smallest absolute Gasteiger partial charge is 0.0178 e. The third-order valence-corrected chi connectivity index (χ3v) is 4.18. The number of hydrogen-bond donors (Lipinski definition) is 0. The van der Waals surface area contributed by atoms with E-state index < -0.39 is 0 Å². The first-order valence-corrected chi connectivity index (χ1v) is 8.37. The highest BCUT2D eigenvalue weighted by atomic mass is 14.1. The molecule has 0 heteroatoms. The van der Waals surface area contributed by atoms with Gasteiger partial charge in [0.25, 0.3) is 0 Å². The average Bonchev–Trinajstić information content (AvgIpc) is 2.67. The van der Waals surface area contributed by atoms with Gasteiger partial charge in [-0.05, 0) is 53.3 Å². The number of benzene rings is 3. The van der Waals surface area contributed by atoms with Crippen LogP contribution in [0.3, 0.4) is 0 Å². The molecule has 0 bridgehead atoms. The minimum absolute atomic E-state index is 0. The van der Waals surface area contributed by atoms with Gasteiger partial charge in [-0.15, -0.1) is 0 Å². The molecule has 0 radical (unpaired) electrons. The summed E-state index contributed by atoms with van der Waals surface area (Å²) < 4.78 is 0. The van der Waals surface area contributed by atoms with Crippen molar-refractivity contribution < 1.29 is 0 Å². The summed E-state index contributed by atoms with van der Waals surface area (Å²) >= 11 is 0. The second-order valence-corrected chi connectivity index (χ2v) is 5.77. The summed E-state index contributed by atoms with van der Waals surface area (Å²) in [6.45, 7) is 4.12. The molecule has 3 aromatic rings. The number of rotatable bonds is 4. The summed E-state index contributed by atoms with van der Waals surface area (Å²) in [5.41, 5.74) is 7.49. The zero-order valence-corrected chi connectivity index (χ0v) is 14.2. The zero-order valence-electron chi connectivity index (χ0n) is 14.2. The molecule has 0 fully saturated rings. The van der Waals surface area contributed by atoms with Crippen molar-refractivity contribution in [1.82, 2.24) is 0 Å². The molecule has 0 saturated carbocycles. The molecule has 0 amide bonds. The lowest BCUT2D eigenvalue weighted by Crippen LogP contribution is -1.84. The van der Waals surface area contributed by atoms with Crippen LogP contribution in [0.15, 0.2) is 97.1 Å². The first kappa shape index (κ1) is 21.2. The van der Waals surface area contributed by atoms with Crippen LogP contribution in [0.25, 0.3) is 27.8 Å². The average molecular weight is 343 g/mol. The molecule has 0 spiro atoms. The SMILES string of the molecule is C.C.C/C=C\C(=C/C)c1ccc(-c2cccc(-c3ccccc3)c2)cc1. The molecule has 0 heterocycles. The molecule has 3 rings (SSSR count). The van der Waals surface area contributed by atoms with Gasteiger partial charge in [-0.2, -0.15) is 0 Å². The van der Waals surface area contributed by atoms with Gasteiger partial charge in [-0.1, -0.05) is 106 Å². The Labute approximate surface area is 159 Å². The Morgan fingerprint density at radius 1 is 0.615 bits per heavy atom. The highest BCUT2D eigenvalue weighted by molar-refractivity contribution is 5.77. The molecule has 134 valence electrons. The van der Waals surface area contributed by atoms with E-state index >= 15 is 0 Å². The minimum atomic E-state index is 0. The van der Waals surface area contributed by atoms with Gasteiger partial charge in [0, 0.05) is 0 Å². The van der Waals surface area contributed by atoms with Crippen LogP contribution in [-0.2, 0) is 0 Å². The van der Waals surface area contributed by atoms with Crippen LogP contribution in [0.4, 0.5) is 0 Å². The van der Waals surface area contributed by atoms with E-state index in [-0.39, 0.29) is 14.9 Å². The summed E-state index contributed by atoms with van der Waals surface area (Å²) in [4.78, 5) is 0. The molecule has 26 heavy (non-hydrogen) atoms. The lowest BCUT2D eigenvalue weighted by molar-refractivity contribution is 1.55. The van der Waals surface area contributed by atoms with Crippen LogP contribution in [0.2, 0.25) is 0 Å². The van der Waals surface area contributed by atoms with E-state index in [1.807, 2.05) is 6.92 Å². The summed E-state index contributed by atoms with van der Waals surface area (Å²) in [6, 6.07) is 28.0. The van der Waals surface area contributed by atoms with Crippen LogP contribution in [0.1, 0.15) is 34.3 Å². The first-order chi connectivity index (χ1) is 11.8. The largest absolute Gasteiger partial charge is 0.0871 e. The Balaban J connectivity index is 0.00000169. The second-order valence-electron chi connectivity index (χ2n) is 5.77. The van der Waals surface area contributed by atoms with Gasteiger partial charge in [0.2, 0.25) is 0 Å². The monoisotopic (exact) mass is 342 g/mol. The molecule has 0 N–H and O–H groups in total. The molecule has 0 aliphatic heterocycles. The predicted octanol–water partition coefficient (Wildman–Crippen LogP) is 8.27. The fourth-order valence-corrected chi connectivity index (χ4v) is 2.90. The Morgan fingerprint density at radius 2 is 1.15 bits per heavy atom. The van der Waals surface area contributed by atoms with Gasteiger partial charge >= 0.3 is 0 Å². The highest BCUT2D eigenvalue weighted by Gasteiger charge is 2.03. The van der Waals surface area contributed by atoms with Crippen LogP contribution < -0.4 is 0 Å². The third-order valence-electron chi connectivity index (χ3n) is 4.18. The predicted molar refractivity (Wildman–Crippen MR) is 119 cm³/mol. The normalized spacial score (nSPS) is 10.9. The van der Waals surface area contributed by atoms with Gasteiger partial charge in [0.1, 0.15) is 0 Å². The van der Waals surface area contributed by atoms with E-state index in [2.05, 4.69) is 104 Å². The fourth-order valence-electron chi connectivity index (χ4n) is 2.90. The molecule has 0 nitrogen and oxygen atoms in total. The quantitative estimate of drug-likeness (QED) is 0.418.